The van der Waals surface area contributed by atoms with Crippen molar-refractivity contribution in [2.24, 2.45) is 0 Å². The molecule has 0 spiro atoms. The van der Waals surface area contributed by atoms with E-state index in [-0.39, 0.29) is 28.1 Å². The fourth-order valence-electron chi connectivity index (χ4n) is 2.26. The maximum atomic E-state index is 13.9. The van der Waals surface area contributed by atoms with Crippen LogP contribution in [0.25, 0.3) is 22.6 Å². The largest absolute Gasteiger partial charge is 0.391 e. The molecule has 3 rings (SSSR count). The first-order valence-corrected chi connectivity index (χ1v) is 6.51. The normalized spacial score (nSPS) is 11.0. The van der Waals surface area contributed by atoms with E-state index in [9.17, 15) is 22.7 Å². The number of aliphatic hydroxyl groups excluding tert-OH is 1. The molecule has 0 bridgehead atoms. The fraction of sp³-hybridized carbons (Fsp3) is 0.0625. The molecule has 0 saturated carbocycles. The quantitative estimate of drug-likeness (QED) is 0.740. The second kappa shape index (κ2) is 5.85. The van der Waals surface area contributed by atoms with Gasteiger partial charge in [0.05, 0.1) is 12.2 Å². The standard InChI is InChI=1S/C16H9F4NO2/c17-9-1-2-14(20)12(6-9)15-13(7-22)16(23-21-15)8-3-10(18)5-11(19)4-8/h1-6,22H,7H2. The Morgan fingerprint density at radius 1 is 0.913 bits per heavy atom. The lowest BCUT2D eigenvalue weighted by atomic mass is 10.0. The first-order valence-electron chi connectivity index (χ1n) is 6.51. The highest BCUT2D eigenvalue weighted by Crippen LogP contribution is 2.34. The van der Waals surface area contributed by atoms with Gasteiger partial charge < -0.3 is 9.63 Å². The number of nitrogens with zero attached hydrogens (tertiary/aromatic N) is 1. The van der Waals surface area contributed by atoms with Gasteiger partial charge in [0.2, 0.25) is 0 Å². The van der Waals surface area contributed by atoms with E-state index in [0.29, 0.717) is 6.07 Å². The van der Waals surface area contributed by atoms with Crippen molar-refractivity contribution in [1.29, 1.82) is 0 Å². The molecule has 0 saturated heterocycles. The monoisotopic (exact) mass is 323 g/mol. The molecular formula is C16H9F4NO2. The van der Waals surface area contributed by atoms with Crippen molar-refractivity contribution in [2.45, 2.75) is 6.61 Å². The third-order valence-electron chi connectivity index (χ3n) is 3.25. The summed E-state index contributed by atoms with van der Waals surface area (Å²) in [5.41, 5.74) is -0.369. The van der Waals surface area contributed by atoms with E-state index in [0.717, 1.165) is 30.3 Å². The van der Waals surface area contributed by atoms with E-state index in [1.165, 1.54) is 0 Å². The van der Waals surface area contributed by atoms with Crippen molar-refractivity contribution >= 4 is 0 Å². The van der Waals surface area contributed by atoms with E-state index < -0.39 is 29.9 Å². The molecule has 1 aromatic heterocycles. The van der Waals surface area contributed by atoms with Crippen molar-refractivity contribution in [3.8, 4) is 22.6 Å². The molecule has 7 heteroatoms. The Morgan fingerprint density at radius 2 is 1.61 bits per heavy atom. The Hall–Kier alpha value is -2.67. The Morgan fingerprint density at radius 3 is 2.26 bits per heavy atom. The maximum Gasteiger partial charge on any atom is 0.173 e. The molecule has 0 radical (unpaired) electrons. The lowest BCUT2D eigenvalue weighted by molar-refractivity contribution is 0.281. The van der Waals surface area contributed by atoms with Gasteiger partial charge in [0, 0.05) is 17.2 Å². The van der Waals surface area contributed by atoms with Crippen LogP contribution in [0.5, 0.6) is 0 Å². The molecule has 0 amide bonds. The van der Waals surface area contributed by atoms with Crippen LogP contribution in [-0.2, 0) is 6.61 Å². The Balaban J connectivity index is 2.19. The first kappa shape index (κ1) is 15.2. The van der Waals surface area contributed by atoms with Gasteiger partial charge in [-0.1, -0.05) is 5.16 Å². The van der Waals surface area contributed by atoms with Gasteiger partial charge in [0.15, 0.2) is 5.76 Å². The van der Waals surface area contributed by atoms with Gasteiger partial charge in [0.1, 0.15) is 29.0 Å². The fourth-order valence-corrected chi connectivity index (χ4v) is 2.26. The van der Waals surface area contributed by atoms with Crippen LogP contribution in [0.2, 0.25) is 0 Å². The molecular weight excluding hydrogens is 314 g/mol. The predicted octanol–water partition coefficient (Wildman–Crippen LogP) is 4.06. The van der Waals surface area contributed by atoms with Crippen LogP contribution in [0, 0.1) is 23.3 Å². The van der Waals surface area contributed by atoms with Gasteiger partial charge in [0.25, 0.3) is 0 Å². The second-order valence-corrected chi connectivity index (χ2v) is 4.78. The smallest absolute Gasteiger partial charge is 0.173 e. The minimum Gasteiger partial charge on any atom is -0.391 e. The molecule has 1 N–H and O–H groups in total. The van der Waals surface area contributed by atoms with E-state index in [1.807, 2.05) is 0 Å². The van der Waals surface area contributed by atoms with Crippen LogP contribution in [0.1, 0.15) is 5.56 Å². The van der Waals surface area contributed by atoms with E-state index >= 15 is 0 Å². The average Bonchev–Trinajstić information content (AvgIpc) is 2.92. The Kier molecular flexibility index (Phi) is 3.87. The molecule has 1 heterocycles. The highest BCUT2D eigenvalue weighted by molar-refractivity contribution is 5.72. The molecule has 3 aromatic rings. The van der Waals surface area contributed by atoms with Gasteiger partial charge in [-0.3, -0.25) is 0 Å². The van der Waals surface area contributed by atoms with Crippen LogP contribution in [0.4, 0.5) is 17.6 Å². The summed E-state index contributed by atoms with van der Waals surface area (Å²) in [4.78, 5) is 0. The van der Waals surface area contributed by atoms with Crippen LogP contribution in [0.3, 0.4) is 0 Å². The molecule has 2 aromatic carbocycles. The minimum atomic E-state index is -0.848. The zero-order chi connectivity index (χ0) is 16.6. The highest BCUT2D eigenvalue weighted by Gasteiger charge is 2.22. The van der Waals surface area contributed by atoms with E-state index in [1.54, 1.807) is 0 Å². The molecule has 0 atom stereocenters. The summed E-state index contributed by atoms with van der Waals surface area (Å²) in [6.45, 7) is -0.637. The molecule has 118 valence electrons. The molecule has 0 fully saturated rings. The van der Waals surface area contributed by atoms with Crippen LogP contribution < -0.4 is 0 Å². The lowest BCUT2D eigenvalue weighted by Gasteiger charge is -2.03. The SMILES string of the molecule is OCc1c(-c2cc(F)ccc2F)noc1-c1cc(F)cc(F)c1. The summed E-state index contributed by atoms with van der Waals surface area (Å²) >= 11 is 0. The lowest BCUT2D eigenvalue weighted by Crippen LogP contribution is -1.93. The summed E-state index contributed by atoms with van der Waals surface area (Å²) in [6.07, 6.45) is 0. The second-order valence-electron chi connectivity index (χ2n) is 4.78. The van der Waals surface area contributed by atoms with E-state index in [2.05, 4.69) is 5.16 Å². The van der Waals surface area contributed by atoms with Gasteiger partial charge in [-0.2, -0.15) is 0 Å². The van der Waals surface area contributed by atoms with Gasteiger partial charge in [-0.05, 0) is 30.3 Å². The van der Waals surface area contributed by atoms with Crippen molar-refractivity contribution in [3.63, 3.8) is 0 Å². The summed E-state index contributed by atoms with van der Waals surface area (Å²) in [7, 11) is 0. The summed E-state index contributed by atoms with van der Waals surface area (Å²) in [5, 5.41) is 13.1. The molecule has 0 aliphatic heterocycles. The summed E-state index contributed by atoms with van der Waals surface area (Å²) < 4.78 is 58.8. The third-order valence-corrected chi connectivity index (χ3v) is 3.25. The third kappa shape index (κ3) is 2.83. The first-order chi connectivity index (χ1) is 11.0. The molecule has 0 aliphatic carbocycles. The number of aromatic nitrogens is 1. The number of rotatable bonds is 3. The van der Waals surface area contributed by atoms with Crippen molar-refractivity contribution in [3.05, 3.63) is 65.2 Å². The van der Waals surface area contributed by atoms with Crippen molar-refractivity contribution in [2.75, 3.05) is 0 Å². The van der Waals surface area contributed by atoms with Gasteiger partial charge in [-0.15, -0.1) is 0 Å². The zero-order valence-corrected chi connectivity index (χ0v) is 11.5. The molecule has 0 unspecified atom stereocenters. The Labute approximate surface area is 127 Å². The van der Waals surface area contributed by atoms with Crippen molar-refractivity contribution in [1.82, 2.24) is 5.16 Å². The maximum absolute atomic E-state index is 13.9. The zero-order valence-electron chi connectivity index (χ0n) is 11.5. The Bertz CT molecular complexity index is 856. The van der Waals surface area contributed by atoms with Crippen LogP contribution >= 0.6 is 0 Å². The van der Waals surface area contributed by atoms with E-state index in [4.69, 9.17) is 4.52 Å². The van der Waals surface area contributed by atoms with Crippen molar-refractivity contribution < 1.29 is 27.2 Å². The van der Waals surface area contributed by atoms with Gasteiger partial charge >= 0.3 is 0 Å². The molecule has 23 heavy (non-hydrogen) atoms. The van der Waals surface area contributed by atoms with Crippen LogP contribution in [0.15, 0.2) is 40.9 Å². The number of halogens is 4. The molecule has 3 nitrogen and oxygen atoms in total. The minimum absolute atomic E-state index is 0.000463. The number of benzene rings is 2. The number of aliphatic hydroxyl groups is 1. The topological polar surface area (TPSA) is 46.3 Å². The highest BCUT2D eigenvalue weighted by atomic mass is 19.1. The molecule has 0 aliphatic rings. The van der Waals surface area contributed by atoms with Crippen LogP contribution in [-0.4, -0.2) is 10.3 Å². The van der Waals surface area contributed by atoms with Gasteiger partial charge in [-0.25, -0.2) is 17.6 Å². The number of hydrogen-bond acceptors (Lipinski definition) is 3. The average molecular weight is 323 g/mol. The summed E-state index contributed by atoms with van der Waals surface area (Å²) in [6, 6.07) is 5.36. The summed E-state index contributed by atoms with van der Waals surface area (Å²) in [5.74, 6) is -3.29. The predicted molar refractivity (Wildman–Crippen MR) is 73.1 cm³/mol. The number of hydrogen-bond donors (Lipinski definition) is 1.